The Balaban J connectivity index is 1.90. The predicted octanol–water partition coefficient (Wildman–Crippen LogP) is 2.93. The molecule has 2 aromatic carbocycles. The molecule has 0 bridgehead atoms. The Morgan fingerprint density at radius 2 is 1.81 bits per heavy atom. The van der Waals surface area contributed by atoms with Crippen molar-refractivity contribution in [2.24, 2.45) is 0 Å². The summed E-state index contributed by atoms with van der Waals surface area (Å²) in [5.41, 5.74) is 1.93. The fraction of sp³-hybridized carbons (Fsp3) is 0.300. The van der Waals surface area contributed by atoms with Gasteiger partial charge in [0.2, 0.25) is 0 Å². The molecule has 3 N–H and O–H groups in total. The van der Waals surface area contributed by atoms with E-state index in [1.807, 2.05) is 48.6 Å². The first-order valence-corrected chi connectivity index (χ1v) is 9.24. The van der Waals surface area contributed by atoms with E-state index in [-0.39, 0.29) is 24.3 Å². The van der Waals surface area contributed by atoms with Crippen molar-refractivity contribution in [3.05, 3.63) is 69.7 Å². The molecule has 0 saturated carbocycles. The number of hydrogen-bond donors (Lipinski definition) is 2. The van der Waals surface area contributed by atoms with Gasteiger partial charge in [-0.1, -0.05) is 59.6 Å². The molecular formula is C20H23Cl2N2O2+. The van der Waals surface area contributed by atoms with Crippen molar-refractivity contribution >= 4 is 34.9 Å². The van der Waals surface area contributed by atoms with E-state index in [0.717, 1.165) is 11.1 Å². The lowest BCUT2D eigenvalue weighted by molar-refractivity contribution is -0.682. The molecule has 6 heteroatoms. The molecule has 2 rings (SSSR count). The van der Waals surface area contributed by atoms with Gasteiger partial charge in [0.05, 0.1) is 11.1 Å². The van der Waals surface area contributed by atoms with Crippen LogP contribution < -0.4 is 10.6 Å². The number of rotatable bonds is 8. The van der Waals surface area contributed by atoms with Gasteiger partial charge in [-0.15, -0.1) is 0 Å². The third kappa shape index (κ3) is 6.13. The van der Waals surface area contributed by atoms with Gasteiger partial charge >= 0.3 is 0 Å². The van der Waals surface area contributed by atoms with E-state index in [2.05, 4.69) is 5.32 Å². The van der Waals surface area contributed by atoms with E-state index in [0.29, 0.717) is 16.5 Å². The highest BCUT2D eigenvalue weighted by Crippen LogP contribution is 2.24. The summed E-state index contributed by atoms with van der Waals surface area (Å²) in [4.78, 5) is 24.1. The van der Waals surface area contributed by atoms with E-state index in [1.54, 1.807) is 12.1 Å². The first-order valence-electron chi connectivity index (χ1n) is 8.49. The Morgan fingerprint density at radius 3 is 2.42 bits per heavy atom. The maximum Gasteiger partial charge on any atom is 0.275 e. The molecule has 1 amide bonds. The first-order chi connectivity index (χ1) is 12.4. The van der Waals surface area contributed by atoms with Crippen molar-refractivity contribution in [3.8, 4) is 0 Å². The molecule has 138 valence electrons. The van der Waals surface area contributed by atoms with Gasteiger partial charge in [0.25, 0.3) is 5.91 Å². The Hall–Kier alpha value is -1.88. The minimum atomic E-state index is -0.521. The molecule has 0 spiro atoms. The maximum absolute atomic E-state index is 12.3. The number of halogens is 2. The van der Waals surface area contributed by atoms with E-state index < -0.39 is 6.04 Å². The summed E-state index contributed by atoms with van der Waals surface area (Å²) < 4.78 is 0. The number of amides is 1. The fourth-order valence-corrected chi connectivity index (χ4v) is 3.26. The van der Waals surface area contributed by atoms with Crippen LogP contribution in [0, 0.1) is 0 Å². The standard InChI is InChI=1S/C20H22Cl2N2O2/c1-13(17-9-8-16(21)11-18(17)22)23-12-20(26)24-19(14(2)25)10-15-6-4-3-5-7-15/h3-9,11,13,19,23H,10,12H2,1-2H3,(H,24,26)/p+1/t13-,19-/m1/s1. The van der Waals surface area contributed by atoms with Gasteiger partial charge in [0, 0.05) is 10.6 Å². The lowest BCUT2D eigenvalue weighted by atomic mass is 10.0. The zero-order valence-electron chi connectivity index (χ0n) is 14.8. The number of Topliss-reactive ketones (excluding diaryl/α,β-unsaturated/α-hetero) is 1. The molecule has 0 aromatic heterocycles. The Kier molecular flexibility index (Phi) is 7.64. The highest BCUT2D eigenvalue weighted by atomic mass is 35.5. The molecule has 0 aliphatic rings. The number of quaternary nitrogens is 1. The lowest BCUT2D eigenvalue weighted by Crippen LogP contribution is -2.87. The Bertz CT molecular complexity index is 766. The van der Waals surface area contributed by atoms with Crippen LogP contribution in [0.5, 0.6) is 0 Å². The normalized spacial score (nSPS) is 13.1. The molecule has 0 heterocycles. The molecule has 4 nitrogen and oxygen atoms in total. The number of nitrogens with one attached hydrogen (secondary N) is 1. The van der Waals surface area contributed by atoms with Crippen LogP contribution in [0.15, 0.2) is 48.5 Å². The quantitative estimate of drug-likeness (QED) is 0.723. The summed E-state index contributed by atoms with van der Waals surface area (Å²) in [5, 5.41) is 5.85. The zero-order valence-corrected chi connectivity index (χ0v) is 16.3. The SMILES string of the molecule is CC(=O)[C@@H](Cc1ccccc1)NC(=O)C[NH2+][C@H](C)c1ccc(Cl)cc1Cl. The van der Waals surface area contributed by atoms with Gasteiger partial charge in [0.15, 0.2) is 12.3 Å². The highest BCUT2D eigenvalue weighted by molar-refractivity contribution is 6.35. The van der Waals surface area contributed by atoms with Crippen LogP contribution in [0.2, 0.25) is 10.0 Å². The molecule has 2 atom stereocenters. The Labute approximate surface area is 163 Å². The number of nitrogens with two attached hydrogens (primary N) is 1. The van der Waals surface area contributed by atoms with Crippen LogP contribution in [0.25, 0.3) is 0 Å². The third-order valence-electron chi connectivity index (χ3n) is 4.22. The maximum atomic E-state index is 12.3. The minimum Gasteiger partial charge on any atom is -0.341 e. The molecule has 0 aliphatic heterocycles. The van der Waals surface area contributed by atoms with Gasteiger partial charge in [-0.3, -0.25) is 9.59 Å². The largest absolute Gasteiger partial charge is 0.341 e. The summed E-state index contributed by atoms with van der Waals surface area (Å²) in [6.07, 6.45) is 0.487. The van der Waals surface area contributed by atoms with E-state index >= 15 is 0 Å². The highest BCUT2D eigenvalue weighted by Gasteiger charge is 2.20. The minimum absolute atomic E-state index is 0.00424. The molecule has 0 saturated heterocycles. The van der Waals surface area contributed by atoms with E-state index in [1.165, 1.54) is 6.92 Å². The number of benzene rings is 2. The molecule has 0 fully saturated rings. The van der Waals surface area contributed by atoms with Crippen molar-refractivity contribution in [2.45, 2.75) is 32.4 Å². The van der Waals surface area contributed by atoms with Crippen LogP contribution in [-0.2, 0) is 16.0 Å². The summed E-state index contributed by atoms with van der Waals surface area (Å²) >= 11 is 12.1. The molecule has 0 aliphatic carbocycles. The van der Waals surface area contributed by atoms with Gasteiger partial charge in [-0.05, 0) is 38.0 Å². The van der Waals surface area contributed by atoms with Crippen molar-refractivity contribution in [2.75, 3.05) is 6.54 Å². The number of hydrogen-bond acceptors (Lipinski definition) is 2. The second-order valence-corrected chi connectivity index (χ2v) is 7.16. The smallest absolute Gasteiger partial charge is 0.275 e. The second-order valence-electron chi connectivity index (χ2n) is 6.31. The predicted molar refractivity (Wildman–Crippen MR) is 104 cm³/mol. The van der Waals surface area contributed by atoms with Crippen molar-refractivity contribution in [1.82, 2.24) is 5.32 Å². The van der Waals surface area contributed by atoms with Crippen LogP contribution >= 0.6 is 23.2 Å². The molecule has 0 unspecified atom stereocenters. The van der Waals surface area contributed by atoms with Crippen molar-refractivity contribution in [1.29, 1.82) is 0 Å². The summed E-state index contributed by atoms with van der Waals surface area (Å²) in [6.45, 7) is 3.67. The number of carbonyl (C=O) groups excluding carboxylic acids is 2. The molecule has 0 radical (unpaired) electrons. The van der Waals surface area contributed by atoms with Gasteiger partial charge < -0.3 is 10.6 Å². The van der Waals surface area contributed by atoms with Crippen molar-refractivity contribution < 1.29 is 14.9 Å². The molecular weight excluding hydrogens is 371 g/mol. The van der Waals surface area contributed by atoms with Crippen LogP contribution in [0.1, 0.15) is 31.0 Å². The summed E-state index contributed by atoms with van der Waals surface area (Å²) in [6, 6.07) is 14.4. The lowest BCUT2D eigenvalue weighted by Gasteiger charge is -2.17. The molecule has 2 aromatic rings. The van der Waals surface area contributed by atoms with Crippen LogP contribution in [0.3, 0.4) is 0 Å². The van der Waals surface area contributed by atoms with Gasteiger partial charge in [0.1, 0.15) is 6.04 Å². The summed E-state index contributed by atoms with van der Waals surface area (Å²) in [7, 11) is 0. The number of carbonyl (C=O) groups is 2. The van der Waals surface area contributed by atoms with E-state index in [9.17, 15) is 9.59 Å². The topological polar surface area (TPSA) is 62.8 Å². The monoisotopic (exact) mass is 393 g/mol. The molecule has 26 heavy (non-hydrogen) atoms. The van der Waals surface area contributed by atoms with E-state index in [4.69, 9.17) is 23.2 Å². The van der Waals surface area contributed by atoms with Crippen LogP contribution in [-0.4, -0.2) is 24.3 Å². The zero-order chi connectivity index (χ0) is 19.1. The average molecular weight is 394 g/mol. The Morgan fingerprint density at radius 1 is 1.12 bits per heavy atom. The average Bonchev–Trinajstić information content (AvgIpc) is 2.60. The van der Waals surface area contributed by atoms with Gasteiger partial charge in [-0.25, -0.2) is 0 Å². The summed E-state index contributed by atoms with van der Waals surface area (Å²) in [5.74, 6) is -0.242. The van der Waals surface area contributed by atoms with Crippen molar-refractivity contribution in [3.63, 3.8) is 0 Å². The van der Waals surface area contributed by atoms with Crippen LogP contribution in [0.4, 0.5) is 0 Å². The fourth-order valence-electron chi connectivity index (χ4n) is 2.68. The third-order valence-corrected chi connectivity index (χ3v) is 4.78. The first kappa shape index (κ1) is 20.4. The van der Waals surface area contributed by atoms with Gasteiger partial charge in [-0.2, -0.15) is 0 Å². The number of ketones is 1. The second kappa shape index (κ2) is 9.72.